The first-order valence-electron chi connectivity index (χ1n) is 9.74. The third kappa shape index (κ3) is 6.30. The Balaban J connectivity index is 0.00000243. The zero-order valence-electron chi connectivity index (χ0n) is 16.2. The molecule has 0 aromatic heterocycles. The number of para-hydroxylation sites is 1. The number of anilines is 1. The van der Waals surface area contributed by atoms with Crippen LogP contribution < -0.4 is 15.5 Å². The van der Waals surface area contributed by atoms with Gasteiger partial charge in [-0.25, -0.2) is 0 Å². The van der Waals surface area contributed by atoms with E-state index in [2.05, 4.69) is 62.7 Å². The van der Waals surface area contributed by atoms with Crippen LogP contribution in [-0.2, 0) is 0 Å². The van der Waals surface area contributed by atoms with Crippen molar-refractivity contribution in [1.82, 2.24) is 15.5 Å². The van der Waals surface area contributed by atoms with E-state index < -0.39 is 0 Å². The minimum Gasteiger partial charge on any atom is -0.369 e. The Morgan fingerprint density at radius 1 is 1.19 bits per heavy atom. The molecule has 0 aliphatic carbocycles. The molecule has 1 aromatic carbocycles. The maximum absolute atomic E-state index is 4.42. The van der Waals surface area contributed by atoms with Crippen LogP contribution in [-0.4, -0.2) is 63.2 Å². The zero-order chi connectivity index (χ0) is 17.5. The van der Waals surface area contributed by atoms with Crippen molar-refractivity contribution in [3.8, 4) is 0 Å². The molecule has 6 heteroatoms. The van der Waals surface area contributed by atoms with Gasteiger partial charge in [0, 0.05) is 45.0 Å². The van der Waals surface area contributed by atoms with E-state index in [4.69, 9.17) is 0 Å². The number of halogens is 1. The molecule has 2 aliphatic heterocycles. The van der Waals surface area contributed by atoms with E-state index in [0.717, 1.165) is 32.0 Å². The molecular weight excluding hydrogens is 437 g/mol. The maximum Gasteiger partial charge on any atom is 0.191 e. The minimum atomic E-state index is 0. The van der Waals surface area contributed by atoms with E-state index in [-0.39, 0.29) is 24.0 Å². The zero-order valence-corrected chi connectivity index (χ0v) is 18.5. The molecule has 0 amide bonds. The van der Waals surface area contributed by atoms with Crippen molar-refractivity contribution in [1.29, 1.82) is 0 Å². The third-order valence-electron chi connectivity index (χ3n) is 5.26. The minimum absolute atomic E-state index is 0. The Morgan fingerprint density at radius 2 is 1.92 bits per heavy atom. The Hall–Kier alpha value is -1.02. The van der Waals surface area contributed by atoms with E-state index in [9.17, 15) is 0 Å². The lowest BCUT2D eigenvalue weighted by molar-refractivity contribution is 0.287. The van der Waals surface area contributed by atoms with Gasteiger partial charge < -0.3 is 20.4 Å². The molecule has 2 fully saturated rings. The van der Waals surface area contributed by atoms with Crippen LogP contribution in [0.25, 0.3) is 0 Å². The monoisotopic (exact) mass is 471 g/mol. The molecule has 1 aromatic rings. The van der Waals surface area contributed by atoms with E-state index in [0.29, 0.717) is 12.0 Å². The molecule has 0 spiro atoms. The van der Waals surface area contributed by atoms with Crippen molar-refractivity contribution in [2.45, 2.75) is 32.2 Å². The van der Waals surface area contributed by atoms with Crippen LogP contribution in [0.3, 0.4) is 0 Å². The molecule has 2 unspecified atom stereocenters. The summed E-state index contributed by atoms with van der Waals surface area (Å²) >= 11 is 0. The number of nitrogens with one attached hydrogen (secondary N) is 2. The van der Waals surface area contributed by atoms with Crippen LogP contribution in [0.4, 0.5) is 5.69 Å². The topological polar surface area (TPSA) is 42.9 Å². The van der Waals surface area contributed by atoms with Gasteiger partial charge in [-0.2, -0.15) is 0 Å². The van der Waals surface area contributed by atoms with Gasteiger partial charge in [-0.05, 0) is 50.4 Å². The molecule has 2 N–H and O–H groups in total. The highest BCUT2D eigenvalue weighted by Gasteiger charge is 2.23. The first kappa shape index (κ1) is 21.3. The van der Waals surface area contributed by atoms with E-state index in [1.54, 1.807) is 0 Å². The number of nitrogens with zero attached hydrogens (tertiary/aromatic N) is 3. The molecule has 26 heavy (non-hydrogen) atoms. The van der Waals surface area contributed by atoms with Gasteiger partial charge in [-0.3, -0.25) is 4.99 Å². The fourth-order valence-electron chi connectivity index (χ4n) is 3.88. The molecule has 0 saturated carbocycles. The van der Waals surface area contributed by atoms with Crippen molar-refractivity contribution in [2.75, 3.05) is 51.2 Å². The smallest absolute Gasteiger partial charge is 0.191 e. The number of rotatable bonds is 6. The lowest BCUT2D eigenvalue weighted by Crippen LogP contribution is -2.46. The van der Waals surface area contributed by atoms with Gasteiger partial charge in [-0.1, -0.05) is 25.1 Å². The summed E-state index contributed by atoms with van der Waals surface area (Å²) in [7, 11) is 1.87. The lowest BCUT2D eigenvalue weighted by atomic mass is 10.1. The molecule has 2 aliphatic rings. The number of aliphatic imine (C=N–C) groups is 1. The summed E-state index contributed by atoms with van der Waals surface area (Å²) in [6, 6.07) is 11.1. The van der Waals surface area contributed by atoms with Crippen LogP contribution >= 0.6 is 24.0 Å². The normalized spacial score (nSPS) is 22.2. The van der Waals surface area contributed by atoms with Crippen molar-refractivity contribution in [3.63, 3.8) is 0 Å². The fourth-order valence-corrected chi connectivity index (χ4v) is 3.88. The van der Waals surface area contributed by atoms with Crippen LogP contribution in [0.5, 0.6) is 0 Å². The summed E-state index contributed by atoms with van der Waals surface area (Å²) in [5.74, 6) is 1.58. The van der Waals surface area contributed by atoms with Crippen molar-refractivity contribution >= 4 is 35.6 Å². The number of guanidine groups is 1. The molecule has 5 nitrogen and oxygen atoms in total. The second-order valence-corrected chi connectivity index (χ2v) is 7.48. The maximum atomic E-state index is 4.42. The second-order valence-electron chi connectivity index (χ2n) is 7.48. The summed E-state index contributed by atoms with van der Waals surface area (Å²) in [5.41, 5.74) is 1.31. The highest BCUT2D eigenvalue weighted by molar-refractivity contribution is 14.0. The first-order chi connectivity index (χ1) is 12.2. The summed E-state index contributed by atoms with van der Waals surface area (Å²) < 4.78 is 0. The molecule has 0 bridgehead atoms. The van der Waals surface area contributed by atoms with Gasteiger partial charge in [0.15, 0.2) is 5.96 Å². The van der Waals surface area contributed by atoms with Crippen molar-refractivity contribution < 1.29 is 0 Å². The van der Waals surface area contributed by atoms with Crippen LogP contribution in [0.2, 0.25) is 0 Å². The average molecular weight is 471 g/mol. The van der Waals surface area contributed by atoms with Gasteiger partial charge in [0.05, 0.1) is 0 Å². The highest BCUT2D eigenvalue weighted by atomic mass is 127. The van der Waals surface area contributed by atoms with E-state index >= 15 is 0 Å². The van der Waals surface area contributed by atoms with Gasteiger partial charge in [0.2, 0.25) is 0 Å². The van der Waals surface area contributed by atoms with Gasteiger partial charge in [-0.15, -0.1) is 24.0 Å². The molecule has 2 saturated heterocycles. The molecule has 2 atom stereocenters. The quantitative estimate of drug-likeness (QED) is 0.381. The second kappa shape index (κ2) is 11.0. The molecule has 3 rings (SSSR count). The third-order valence-corrected chi connectivity index (χ3v) is 5.26. The van der Waals surface area contributed by atoms with Crippen LogP contribution in [0, 0.1) is 5.92 Å². The summed E-state index contributed by atoms with van der Waals surface area (Å²) in [6.07, 6.45) is 3.88. The predicted octanol–water partition coefficient (Wildman–Crippen LogP) is 2.78. The molecule has 2 heterocycles. The van der Waals surface area contributed by atoms with Crippen molar-refractivity contribution in [3.05, 3.63) is 30.3 Å². The largest absolute Gasteiger partial charge is 0.369 e. The lowest BCUT2D eigenvalue weighted by Gasteiger charge is -2.23. The average Bonchev–Trinajstić information content (AvgIpc) is 3.31. The van der Waals surface area contributed by atoms with Gasteiger partial charge in [0.25, 0.3) is 0 Å². The van der Waals surface area contributed by atoms with Crippen LogP contribution in [0.1, 0.15) is 26.2 Å². The van der Waals surface area contributed by atoms with E-state index in [1.807, 2.05) is 7.05 Å². The Morgan fingerprint density at radius 3 is 2.62 bits per heavy atom. The highest BCUT2D eigenvalue weighted by Crippen LogP contribution is 2.19. The summed E-state index contributed by atoms with van der Waals surface area (Å²) in [5, 5.41) is 7.12. The number of likely N-dealkylation sites (tertiary alicyclic amines) is 1. The number of benzene rings is 1. The summed E-state index contributed by atoms with van der Waals surface area (Å²) in [6.45, 7) is 9.17. The van der Waals surface area contributed by atoms with Gasteiger partial charge in [0.1, 0.15) is 0 Å². The fraction of sp³-hybridized carbons (Fsp3) is 0.650. The first-order valence-corrected chi connectivity index (χ1v) is 9.74. The van der Waals surface area contributed by atoms with E-state index in [1.165, 1.54) is 38.2 Å². The summed E-state index contributed by atoms with van der Waals surface area (Å²) in [4.78, 5) is 9.44. The SMILES string of the molecule is CN=C(NCC(C)CN1CCCC1)NC1CCN(c2ccccc2)C1.I. The molecular formula is C20H34IN5. The Bertz CT molecular complexity index is 544. The number of hydrogen-bond donors (Lipinski definition) is 2. The molecule has 0 radical (unpaired) electrons. The number of hydrogen-bond acceptors (Lipinski definition) is 3. The predicted molar refractivity (Wildman–Crippen MR) is 122 cm³/mol. The van der Waals surface area contributed by atoms with Crippen molar-refractivity contribution in [2.24, 2.45) is 10.9 Å². The molecule has 146 valence electrons. The Kier molecular flexibility index (Phi) is 8.98. The Labute approximate surface area is 175 Å². The van der Waals surface area contributed by atoms with Gasteiger partial charge >= 0.3 is 0 Å². The van der Waals surface area contributed by atoms with Crippen LogP contribution in [0.15, 0.2) is 35.3 Å². The standard InChI is InChI=1S/C20H33N5.HI/c1-17(15-24-11-6-7-12-24)14-22-20(21-2)23-18-10-13-25(16-18)19-8-4-3-5-9-19;/h3-5,8-9,17-18H,6-7,10-16H2,1-2H3,(H2,21,22,23);1H.